The number of nitrogens with one attached hydrogen (secondary N) is 3. The number of nitrogens with zero attached hydrogens (tertiary/aromatic N) is 1. The Balaban J connectivity index is 3.20. The minimum atomic E-state index is -1.66. The molecule has 0 saturated carbocycles. The number of aromatic hydroxyl groups is 1. The molecule has 1 rings (SSSR count). The van der Waals surface area contributed by atoms with Crippen LogP contribution in [0.4, 0.5) is 0 Å². The number of primary amides is 2. The second-order valence-corrected chi connectivity index (χ2v) is 9.12. The maximum Gasteiger partial charge on any atom is 0.326 e. The Morgan fingerprint density at radius 3 is 1.88 bits per heavy atom. The highest BCUT2D eigenvalue weighted by atomic mass is 16.4. The number of hydrogen-bond acceptors (Lipinski definition) is 9. The normalized spacial score (nSPS) is 13.5. The summed E-state index contributed by atoms with van der Waals surface area (Å²) >= 11 is 0. The van der Waals surface area contributed by atoms with E-state index in [4.69, 9.17) is 28.7 Å². The molecule has 1 aromatic carbocycles. The zero-order valence-corrected chi connectivity index (χ0v) is 22.2. The summed E-state index contributed by atoms with van der Waals surface area (Å²) in [6, 6.07) is 0.291. The minimum Gasteiger partial charge on any atom is -0.508 e. The van der Waals surface area contributed by atoms with Crippen LogP contribution in [0, 0.1) is 0 Å². The van der Waals surface area contributed by atoms with Crippen molar-refractivity contribution in [2.75, 3.05) is 6.54 Å². The minimum absolute atomic E-state index is 0.0336. The van der Waals surface area contributed by atoms with Gasteiger partial charge in [-0.2, -0.15) is 0 Å². The molecular weight excluding hydrogens is 542 g/mol. The molecule has 0 spiro atoms. The van der Waals surface area contributed by atoms with Crippen LogP contribution in [0.2, 0.25) is 0 Å². The topological polar surface area (TPSA) is 321 Å². The van der Waals surface area contributed by atoms with E-state index < -0.39 is 66.1 Å². The Hall–Kier alpha value is -4.93. The van der Waals surface area contributed by atoms with Crippen LogP contribution in [-0.4, -0.2) is 82.4 Å². The number of carboxylic acid groups (broad SMARTS) is 1. The van der Waals surface area contributed by atoms with Gasteiger partial charge in [-0.3, -0.25) is 29.0 Å². The number of carboxylic acids is 1. The summed E-state index contributed by atoms with van der Waals surface area (Å²) in [7, 11) is 0. The molecular formula is C24H37N9O8. The van der Waals surface area contributed by atoms with Gasteiger partial charge in [0.05, 0.1) is 12.5 Å². The number of phenols is 1. The quantitative estimate of drug-likeness (QED) is 0.0453. The molecule has 226 valence electrons. The van der Waals surface area contributed by atoms with E-state index in [0.29, 0.717) is 5.56 Å². The fourth-order valence-electron chi connectivity index (χ4n) is 3.50. The van der Waals surface area contributed by atoms with Crippen molar-refractivity contribution in [1.82, 2.24) is 16.0 Å². The van der Waals surface area contributed by atoms with Gasteiger partial charge in [0.25, 0.3) is 0 Å². The van der Waals surface area contributed by atoms with Gasteiger partial charge in [-0.25, -0.2) is 4.79 Å². The Kier molecular flexibility index (Phi) is 14.1. The molecule has 1 aromatic rings. The maximum absolute atomic E-state index is 13.4. The zero-order valence-electron chi connectivity index (χ0n) is 22.2. The average molecular weight is 580 g/mol. The van der Waals surface area contributed by atoms with E-state index in [-0.39, 0.29) is 50.4 Å². The van der Waals surface area contributed by atoms with E-state index in [0.717, 1.165) is 0 Å². The standard InChI is InChI=1S/C24H37N9O8/c25-14(7-8-18(26)35)20(37)32-16(10-12-3-5-13(34)6-4-12)22(39)31-15(2-1-9-30-24(28)29)21(38)33-17(23(40)41)11-19(27)36/h3-6,14-17,34H,1-2,7-11,25H2,(H2,26,35)(H2,27,36)(H,31,39)(H,32,37)(H,33,38)(H,40,41)(H4,28,29,30). The summed E-state index contributed by atoms with van der Waals surface area (Å²) in [5, 5.41) is 26.0. The molecule has 15 N–H and O–H groups in total. The summed E-state index contributed by atoms with van der Waals surface area (Å²) in [6.45, 7) is 0.0774. The van der Waals surface area contributed by atoms with Crippen molar-refractivity contribution in [1.29, 1.82) is 0 Å². The lowest BCUT2D eigenvalue weighted by Gasteiger charge is -2.25. The van der Waals surface area contributed by atoms with Crippen LogP contribution in [0.25, 0.3) is 0 Å². The molecule has 17 heteroatoms. The second kappa shape index (κ2) is 16.9. The van der Waals surface area contributed by atoms with Crippen molar-refractivity contribution in [3.05, 3.63) is 29.8 Å². The van der Waals surface area contributed by atoms with Gasteiger partial charge in [0.1, 0.15) is 23.9 Å². The monoisotopic (exact) mass is 579 g/mol. The molecule has 0 fully saturated rings. The molecule has 17 nitrogen and oxygen atoms in total. The van der Waals surface area contributed by atoms with Gasteiger partial charge in [0, 0.05) is 19.4 Å². The summed E-state index contributed by atoms with van der Waals surface area (Å²) in [6.07, 6.45) is -0.925. The highest BCUT2D eigenvalue weighted by molar-refractivity contribution is 5.95. The van der Waals surface area contributed by atoms with E-state index in [2.05, 4.69) is 20.9 Å². The first kappa shape index (κ1) is 34.1. The number of nitrogens with two attached hydrogens (primary N) is 5. The fraction of sp³-hybridized carbons (Fsp3) is 0.458. The molecule has 0 aliphatic heterocycles. The molecule has 0 radical (unpaired) electrons. The van der Waals surface area contributed by atoms with Crippen molar-refractivity contribution in [2.45, 2.75) is 62.7 Å². The molecule has 0 heterocycles. The molecule has 5 amide bonds. The molecule has 4 unspecified atom stereocenters. The highest BCUT2D eigenvalue weighted by Crippen LogP contribution is 2.12. The third-order valence-corrected chi connectivity index (χ3v) is 5.65. The fourth-order valence-corrected chi connectivity index (χ4v) is 3.50. The van der Waals surface area contributed by atoms with E-state index in [1.54, 1.807) is 0 Å². The number of amides is 5. The predicted molar refractivity (Wildman–Crippen MR) is 145 cm³/mol. The SMILES string of the molecule is NC(=O)CCC(N)C(=O)NC(Cc1ccc(O)cc1)C(=O)NC(CCCN=C(N)N)C(=O)NC(CC(N)=O)C(=O)O. The number of carbonyl (C=O) groups excluding carboxylic acids is 5. The largest absolute Gasteiger partial charge is 0.508 e. The van der Waals surface area contributed by atoms with Crippen LogP contribution in [-0.2, 0) is 35.2 Å². The average Bonchev–Trinajstić information content (AvgIpc) is 2.88. The molecule has 0 bridgehead atoms. The number of aliphatic carboxylic acids is 1. The third-order valence-electron chi connectivity index (χ3n) is 5.65. The first-order valence-electron chi connectivity index (χ1n) is 12.5. The van der Waals surface area contributed by atoms with E-state index in [1.165, 1.54) is 24.3 Å². The Labute approximate surface area is 235 Å². The van der Waals surface area contributed by atoms with Crippen LogP contribution < -0.4 is 44.6 Å². The van der Waals surface area contributed by atoms with Crippen LogP contribution in [0.5, 0.6) is 5.75 Å². The summed E-state index contributed by atoms with van der Waals surface area (Å²) < 4.78 is 0. The lowest BCUT2D eigenvalue weighted by Crippen LogP contribution is -2.57. The smallest absolute Gasteiger partial charge is 0.326 e. The number of benzene rings is 1. The maximum atomic E-state index is 13.4. The molecule has 4 atom stereocenters. The Bertz CT molecular complexity index is 1120. The third kappa shape index (κ3) is 13.6. The van der Waals surface area contributed by atoms with Gasteiger partial charge in [0.2, 0.25) is 29.5 Å². The Morgan fingerprint density at radius 1 is 0.780 bits per heavy atom. The van der Waals surface area contributed by atoms with E-state index >= 15 is 0 Å². The predicted octanol–water partition coefficient (Wildman–Crippen LogP) is -4.00. The van der Waals surface area contributed by atoms with Crippen LogP contribution in [0.3, 0.4) is 0 Å². The van der Waals surface area contributed by atoms with E-state index in [1.807, 2.05) is 0 Å². The van der Waals surface area contributed by atoms with Gasteiger partial charge in [-0.05, 0) is 37.0 Å². The Morgan fingerprint density at radius 2 is 1.34 bits per heavy atom. The van der Waals surface area contributed by atoms with Gasteiger partial charge in [-0.15, -0.1) is 0 Å². The molecule has 41 heavy (non-hydrogen) atoms. The van der Waals surface area contributed by atoms with Gasteiger partial charge in [-0.1, -0.05) is 12.1 Å². The summed E-state index contributed by atoms with van der Waals surface area (Å²) in [5.41, 5.74) is 27.1. The molecule has 0 aromatic heterocycles. The number of hydrogen-bond donors (Lipinski definition) is 10. The van der Waals surface area contributed by atoms with Gasteiger partial charge >= 0.3 is 5.97 Å². The van der Waals surface area contributed by atoms with E-state index in [9.17, 15) is 39.0 Å². The first-order valence-corrected chi connectivity index (χ1v) is 12.5. The number of phenolic OH excluding ortho intramolecular Hbond substituents is 1. The van der Waals surface area contributed by atoms with Crippen LogP contribution in [0.15, 0.2) is 29.3 Å². The van der Waals surface area contributed by atoms with Crippen molar-refractivity contribution >= 4 is 41.5 Å². The number of aliphatic imine (C=N–C) groups is 1. The number of carbonyl (C=O) groups is 6. The van der Waals surface area contributed by atoms with Crippen molar-refractivity contribution in [3.8, 4) is 5.75 Å². The van der Waals surface area contributed by atoms with Crippen molar-refractivity contribution < 1.29 is 39.0 Å². The lowest BCUT2D eigenvalue weighted by atomic mass is 10.0. The highest BCUT2D eigenvalue weighted by Gasteiger charge is 2.31. The van der Waals surface area contributed by atoms with Gasteiger partial charge in [0.15, 0.2) is 5.96 Å². The number of rotatable bonds is 18. The summed E-state index contributed by atoms with van der Waals surface area (Å²) in [5.74, 6) is -5.95. The second-order valence-electron chi connectivity index (χ2n) is 9.12. The summed E-state index contributed by atoms with van der Waals surface area (Å²) in [4.78, 5) is 76.7. The number of guanidine groups is 1. The van der Waals surface area contributed by atoms with Crippen LogP contribution in [0.1, 0.15) is 37.7 Å². The lowest BCUT2D eigenvalue weighted by molar-refractivity contribution is -0.143. The zero-order chi connectivity index (χ0) is 31.1. The molecule has 0 aliphatic rings. The van der Waals surface area contributed by atoms with Gasteiger partial charge < -0.3 is 54.8 Å². The van der Waals surface area contributed by atoms with Crippen LogP contribution >= 0.6 is 0 Å². The van der Waals surface area contributed by atoms with Crippen molar-refractivity contribution in [2.24, 2.45) is 33.7 Å². The molecule has 0 aliphatic carbocycles. The first-order chi connectivity index (χ1) is 19.2. The van der Waals surface area contributed by atoms with Crippen molar-refractivity contribution in [3.63, 3.8) is 0 Å². The molecule has 0 saturated heterocycles.